The lowest BCUT2D eigenvalue weighted by atomic mass is 10.0. The molecular formula is C14H14BrClFNS. The van der Waals surface area contributed by atoms with Crippen LogP contribution in [-0.2, 0) is 6.42 Å². The highest BCUT2D eigenvalue weighted by atomic mass is 79.9. The predicted molar refractivity (Wildman–Crippen MR) is 83.6 cm³/mol. The maximum Gasteiger partial charge on any atom is 0.142 e. The largest absolute Gasteiger partial charge is 0.309 e. The van der Waals surface area contributed by atoms with Gasteiger partial charge < -0.3 is 5.32 Å². The van der Waals surface area contributed by atoms with E-state index in [2.05, 4.69) is 39.6 Å². The summed E-state index contributed by atoms with van der Waals surface area (Å²) in [5, 5.41) is 5.66. The summed E-state index contributed by atoms with van der Waals surface area (Å²) in [7, 11) is 0. The van der Waals surface area contributed by atoms with E-state index >= 15 is 0 Å². The van der Waals surface area contributed by atoms with E-state index < -0.39 is 0 Å². The number of halogens is 3. The van der Waals surface area contributed by atoms with Crippen molar-refractivity contribution in [3.8, 4) is 0 Å². The monoisotopic (exact) mass is 361 g/mol. The molecule has 2 rings (SSSR count). The molecule has 0 radical (unpaired) electrons. The summed E-state index contributed by atoms with van der Waals surface area (Å²) < 4.78 is 14.5. The summed E-state index contributed by atoms with van der Waals surface area (Å²) in [6.45, 7) is 2.94. The van der Waals surface area contributed by atoms with Gasteiger partial charge in [0.25, 0.3) is 0 Å². The molecule has 0 aliphatic heterocycles. The molecule has 1 N–H and O–H groups in total. The second kappa shape index (κ2) is 6.84. The Morgan fingerprint density at radius 3 is 2.79 bits per heavy atom. The normalized spacial score (nSPS) is 12.6. The Morgan fingerprint density at radius 1 is 1.42 bits per heavy atom. The number of benzene rings is 1. The van der Waals surface area contributed by atoms with Crippen molar-refractivity contribution in [1.29, 1.82) is 0 Å². The SMILES string of the molecule is CCNC(Cc1ccc(Cl)c(F)c1)c1cc(Br)cs1. The van der Waals surface area contributed by atoms with Crippen molar-refractivity contribution < 1.29 is 4.39 Å². The molecule has 5 heteroatoms. The van der Waals surface area contributed by atoms with Gasteiger partial charge in [0, 0.05) is 20.8 Å². The fourth-order valence-corrected chi connectivity index (χ4v) is 3.57. The first-order chi connectivity index (χ1) is 9.10. The molecule has 1 heterocycles. The Labute approximate surface area is 129 Å². The Bertz CT molecular complexity index is 558. The summed E-state index contributed by atoms with van der Waals surface area (Å²) in [4.78, 5) is 1.24. The predicted octanol–water partition coefficient (Wildman–Crippen LogP) is 5.20. The smallest absolute Gasteiger partial charge is 0.142 e. The van der Waals surface area contributed by atoms with Crippen molar-refractivity contribution in [2.24, 2.45) is 0 Å². The first kappa shape index (κ1) is 15.0. The minimum Gasteiger partial charge on any atom is -0.309 e. The average Bonchev–Trinajstić information content (AvgIpc) is 2.80. The maximum absolute atomic E-state index is 13.5. The topological polar surface area (TPSA) is 12.0 Å². The van der Waals surface area contributed by atoms with E-state index in [1.54, 1.807) is 17.4 Å². The van der Waals surface area contributed by atoms with Gasteiger partial charge in [-0.15, -0.1) is 11.3 Å². The molecule has 0 saturated carbocycles. The van der Waals surface area contributed by atoms with Gasteiger partial charge in [0.2, 0.25) is 0 Å². The van der Waals surface area contributed by atoms with Crippen LogP contribution in [0.2, 0.25) is 5.02 Å². The van der Waals surface area contributed by atoms with Crippen molar-refractivity contribution in [2.45, 2.75) is 19.4 Å². The lowest BCUT2D eigenvalue weighted by Crippen LogP contribution is -2.22. The number of nitrogens with one attached hydrogen (secondary N) is 1. The van der Waals surface area contributed by atoms with Gasteiger partial charge in [-0.05, 0) is 52.7 Å². The van der Waals surface area contributed by atoms with Gasteiger partial charge in [-0.25, -0.2) is 4.39 Å². The molecule has 0 spiro atoms. The van der Waals surface area contributed by atoms with Crippen LogP contribution in [0.5, 0.6) is 0 Å². The van der Waals surface area contributed by atoms with Gasteiger partial charge in [0.15, 0.2) is 0 Å². The van der Waals surface area contributed by atoms with Crippen LogP contribution in [0, 0.1) is 5.82 Å². The van der Waals surface area contributed by atoms with Crippen molar-refractivity contribution in [2.75, 3.05) is 6.54 Å². The lowest BCUT2D eigenvalue weighted by Gasteiger charge is -2.16. The van der Waals surface area contributed by atoms with E-state index in [4.69, 9.17) is 11.6 Å². The third-order valence-corrected chi connectivity index (χ3v) is 4.92. The van der Waals surface area contributed by atoms with E-state index in [1.165, 1.54) is 10.9 Å². The van der Waals surface area contributed by atoms with E-state index in [1.807, 2.05) is 6.07 Å². The van der Waals surface area contributed by atoms with Crippen LogP contribution in [0.25, 0.3) is 0 Å². The highest BCUT2D eigenvalue weighted by Gasteiger charge is 2.14. The average molecular weight is 363 g/mol. The second-order valence-corrected chi connectivity index (χ2v) is 6.50. The molecule has 0 saturated heterocycles. The van der Waals surface area contributed by atoms with E-state index in [9.17, 15) is 4.39 Å². The van der Waals surface area contributed by atoms with Crippen LogP contribution in [0.15, 0.2) is 34.1 Å². The van der Waals surface area contributed by atoms with E-state index in [-0.39, 0.29) is 16.9 Å². The molecule has 0 aliphatic carbocycles. The summed E-state index contributed by atoms with van der Waals surface area (Å²) in [6, 6.07) is 7.29. The van der Waals surface area contributed by atoms with Gasteiger partial charge in [0.05, 0.1) is 5.02 Å². The van der Waals surface area contributed by atoms with Gasteiger partial charge in [-0.1, -0.05) is 24.6 Å². The molecule has 102 valence electrons. The Kier molecular flexibility index (Phi) is 5.39. The molecule has 1 aromatic carbocycles. The van der Waals surface area contributed by atoms with E-state index in [0.717, 1.165) is 23.0 Å². The standard InChI is InChI=1S/C14H14BrClFNS/c1-2-18-13(14-7-10(15)8-19-14)6-9-3-4-11(16)12(17)5-9/h3-5,7-8,13,18H,2,6H2,1H3. The molecule has 1 atom stereocenters. The fraction of sp³-hybridized carbons (Fsp3) is 0.286. The molecule has 0 amide bonds. The molecule has 1 unspecified atom stereocenters. The number of rotatable bonds is 5. The molecule has 2 aromatic rings. The zero-order chi connectivity index (χ0) is 13.8. The van der Waals surface area contributed by atoms with Crippen molar-refractivity contribution >= 4 is 38.9 Å². The minimum absolute atomic E-state index is 0.169. The minimum atomic E-state index is -0.359. The molecule has 19 heavy (non-hydrogen) atoms. The van der Waals surface area contributed by atoms with Crippen LogP contribution in [0.3, 0.4) is 0 Å². The van der Waals surface area contributed by atoms with Gasteiger partial charge in [-0.3, -0.25) is 0 Å². The van der Waals surface area contributed by atoms with Crippen LogP contribution >= 0.6 is 38.9 Å². The van der Waals surface area contributed by atoms with Crippen LogP contribution in [0.1, 0.15) is 23.4 Å². The lowest BCUT2D eigenvalue weighted by molar-refractivity contribution is 0.554. The van der Waals surface area contributed by atoms with Gasteiger partial charge >= 0.3 is 0 Å². The van der Waals surface area contributed by atoms with Gasteiger partial charge in [-0.2, -0.15) is 0 Å². The second-order valence-electron chi connectivity index (χ2n) is 4.23. The van der Waals surface area contributed by atoms with Crippen molar-refractivity contribution in [3.05, 3.63) is 55.4 Å². The maximum atomic E-state index is 13.5. The summed E-state index contributed by atoms with van der Waals surface area (Å²) in [5.74, 6) is -0.359. The third kappa shape index (κ3) is 4.02. The van der Waals surface area contributed by atoms with Crippen LogP contribution in [0.4, 0.5) is 4.39 Å². The molecule has 0 fully saturated rings. The summed E-state index contributed by atoms with van der Waals surface area (Å²) in [5.41, 5.74) is 0.942. The Morgan fingerprint density at radius 2 is 2.21 bits per heavy atom. The number of thiophene rings is 1. The highest BCUT2D eigenvalue weighted by Crippen LogP contribution is 2.28. The summed E-state index contributed by atoms with van der Waals surface area (Å²) in [6.07, 6.45) is 0.745. The molecule has 0 aliphatic rings. The van der Waals surface area contributed by atoms with E-state index in [0.29, 0.717) is 0 Å². The van der Waals surface area contributed by atoms with Crippen molar-refractivity contribution in [1.82, 2.24) is 5.32 Å². The first-order valence-electron chi connectivity index (χ1n) is 6.01. The van der Waals surface area contributed by atoms with Crippen molar-refractivity contribution in [3.63, 3.8) is 0 Å². The number of likely N-dealkylation sites (N-methyl/N-ethyl adjacent to an activating group) is 1. The number of hydrogen-bond donors (Lipinski definition) is 1. The fourth-order valence-electron chi connectivity index (χ4n) is 1.93. The molecule has 1 aromatic heterocycles. The quantitative estimate of drug-likeness (QED) is 0.771. The Hall–Kier alpha value is -0.420. The zero-order valence-electron chi connectivity index (χ0n) is 10.4. The summed E-state index contributed by atoms with van der Waals surface area (Å²) >= 11 is 10.9. The molecular weight excluding hydrogens is 349 g/mol. The zero-order valence-corrected chi connectivity index (χ0v) is 13.6. The third-order valence-electron chi connectivity index (χ3n) is 2.81. The molecule has 1 nitrogen and oxygen atoms in total. The van der Waals surface area contributed by atoms with Crippen LogP contribution in [-0.4, -0.2) is 6.54 Å². The van der Waals surface area contributed by atoms with Gasteiger partial charge in [0.1, 0.15) is 5.82 Å². The first-order valence-corrected chi connectivity index (χ1v) is 8.06. The number of hydrogen-bond acceptors (Lipinski definition) is 2. The van der Waals surface area contributed by atoms with Crippen LogP contribution < -0.4 is 5.32 Å². The molecule has 0 bridgehead atoms. The highest BCUT2D eigenvalue weighted by molar-refractivity contribution is 9.10. The Balaban J connectivity index is 2.18.